The lowest BCUT2D eigenvalue weighted by Crippen LogP contribution is -2.09. The quantitative estimate of drug-likeness (QED) is 0.516. The normalized spacial score (nSPS) is 11.0. The minimum Gasteiger partial charge on any atom is -0.506 e. The van der Waals surface area contributed by atoms with Gasteiger partial charge in [0.05, 0.1) is 11.9 Å². The number of rotatable bonds is 3. The fourth-order valence-corrected chi connectivity index (χ4v) is 1.54. The van der Waals surface area contributed by atoms with E-state index in [1.54, 1.807) is 13.1 Å². The topological polar surface area (TPSA) is 78.4 Å². The van der Waals surface area contributed by atoms with E-state index in [2.05, 4.69) is 10.0 Å². The van der Waals surface area contributed by atoms with Gasteiger partial charge in [0, 0.05) is 12.7 Å². The van der Waals surface area contributed by atoms with Gasteiger partial charge in [-0.1, -0.05) is 0 Å². The summed E-state index contributed by atoms with van der Waals surface area (Å²) in [5.41, 5.74) is 0.883. The fraction of sp³-hybridized carbons (Fsp3) is 0.250. The van der Waals surface area contributed by atoms with E-state index >= 15 is 0 Å². The number of aromatic hydroxyl groups is 1. The zero-order valence-corrected chi connectivity index (χ0v) is 8.72. The molecule has 0 aliphatic carbocycles. The molecule has 14 heavy (non-hydrogen) atoms. The lowest BCUT2D eigenvalue weighted by molar-refractivity contribution is 0.478. The van der Waals surface area contributed by atoms with Crippen molar-refractivity contribution >= 4 is 21.4 Å². The molecule has 0 unspecified atom stereocenters. The number of sulfonamides is 1. The van der Waals surface area contributed by atoms with E-state index in [-0.39, 0.29) is 11.4 Å². The molecular formula is C8H12N2O3S. The van der Waals surface area contributed by atoms with E-state index in [0.717, 1.165) is 6.26 Å². The van der Waals surface area contributed by atoms with Crippen molar-refractivity contribution in [1.29, 1.82) is 0 Å². The highest BCUT2D eigenvalue weighted by Gasteiger charge is 2.06. The first kappa shape index (κ1) is 10.6. The molecule has 0 spiro atoms. The lowest BCUT2D eigenvalue weighted by Gasteiger charge is -2.08. The van der Waals surface area contributed by atoms with Crippen molar-refractivity contribution in [1.82, 2.24) is 0 Å². The van der Waals surface area contributed by atoms with E-state index in [4.69, 9.17) is 0 Å². The smallest absolute Gasteiger partial charge is 0.229 e. The van der Waals surface area contributed by atoms with Crippen molar-refractivity contribution in [3.63, 3.8) is 0 Å². The molecule has 0 bridgehead atoms. The Morgan fingerprint density at radius 3 is 2.50 bits per heavy atom. The van der Waals surface area contributed by atoms with E-state index in [9.17, 15) is 13.5 Å². The Morgan fingerprint density at radius 2 is 2.00 bits per heavy atom. The van der Waals surface area contributed by atoms with Crippen LogP contribution in [0.25, 0.3) is 0 Å². The molecule has 1 aromatic rings. The van der Waals surface area contributed by atoms with Gasteiger partial charge in [-0.3, -0.25) is 4.72 Å². The van der Waals surface area contributed by atoms with Crippen molar-refractivity contribution < 1.29 is 13.5 Å². The van der Waals surface area contributed by atoms with Crippen LogP contribution in [0.1, 0.15) is 0 Å². The number of hydrogen-bond acceptors (Lipinski definition) is 4. The minimum absolute atomic E-state index is 0.102. The van der Waals surface area contributed by atoms with Crippen molar-refractivity contribution in [2.24, 2.45) is 0 Å². The minimum atomic E-state index is -3.36. The van der Waals surface area contributed by atoms with Gasteiger partial charge in [0.1, 0.15) is 5.75 Å². The third-order valence-electron chi connectivity index (χ3n) is 1.58. The third kappa shape index (κ3) is 2.81. The molecule has 1 aromatic carbocycles. The largest absolute Gasteiger partial charge is 0.506 e. The van der Waals surface area contributed by atoms with E-state index in [1.165, 1.54) is 12.1 Å². The Kier molecular flexibility index (Phi) is 2.85. The molecule has 0 saturated heterocycles. The zero-order valence-electron chi connectivity index (χ0n) is 7.90. The summed E-state index contributed by atoms with van der Waals surface area (Å²) in [6, 6.07) is 4.57. The number of hydrogen-bond donors (Lipinski definition) is 3. The summed E-state index contributed by atoms with van der Waals surface area (Å²) in [5.74, 6) is -0.102. The standard InChI is InChI=1S/C8H12N2O3S/c1-9-6-3-4-8(11)7(5-6)10-14(2,12)13/h3-5,9-11H,1-2H3. The molecule has 78 valence electrons. The molecule has 5 nitrogen and oxygen atoms in total. The number of nitrogens with one attached hydrogen (secondary N) is 2. The second-order valence-electron chi connectivity index (χ2n) is 2.86. The SMILES string of the molecule is CNc1ccc(O)c(NS(C)(=O)=O)c1. The molecule has 1 rings (SSSR count). The molecule has 0 aromatic heterocycles. The van der Waals surface area contributed by atoms with Gasteiger partial charge >= 0.3 is 0 Å². The van der Waals surface area contributed by atoms with Crippen LogP contribution in [0.4, 0.5) is 11.4 Å². The van der Waals surface area contributed by atoms with Gasteiger partial charge in [0.25, 0.3) is 0 Å². The Balaban J connectivity index is 3.07. The predicted octanol–water partition coefficient (Wildman–Crippen LogP) is 0.805. The van der Waals surface area contributed by atoms with Gasteiger partial charge in [0.15, 0.2) is 0 Å². The second kappa shape index (κ2) is 3.75. The van der Waals surface area contributed by atoms with Gasteiger partial charge in [0.2, 0.25) is 10.0 Å². The number of anilines is 2. The van der Waals surface area contributed by atoms with Crippen LogP contribution in [-0.4, -0.2) is 26.8 Å². The van der Waals surface area contributed by atoms with Gasteiger partial charge in [-0.25, -0.2) is 8.42 Å². The van der Waals surface area contributed by atoms with Crippen molar-refractivity contribution in [2.75, 3.05) is 23.3 Å². The molecule has 0 fully saturated rings. The van der Waals surface area contributed by atoms with E-state index in [1.807, 2.05) is 0 Å². The van der Waals surface area contributed by atoms with Crippen LogP contribution >= 0.6 is 0 Å². The van der Waals surface area contributed by atoms with Crippen molar-refractivity contribution in [2.45, 2.75) is 0 Å². The first-order chi connectivity index (χ1) is 6.42. The Labute approximate surface area is 82.8 Å². The molecular weight excluding hydrogens is 204 g/mol. The summed E-state index contributed by atoms with van der Waals surface area (Å²) in [5, 5.41) is 12.2. The molecule has 0 aliphatic rings. The molecule has 0 aliphatic heterocycles. The average Bonchev–Trinajstić information content (AvgIpc) is 2.06. The third-order valence-corrected chi connectivity index (χ3v) is 2.17. The summed E-state index contributed by atoms with van der Waals surface area (Å²) in [6.07, 6.45) is 1.03. The summed E-state index contributed by atoms with van der Waals surface area (Å²) >= 11 is 0. The summed E-state index contributed by atoms with van der Waals surface area (Å²) in [6.45, 7) is 0. The highest BCUT2D eigenvalue weighted by atomic mass is 32.2. The first-order valence-electron chi connectivity index (χ1n) is 3.91. The maximum atomic E-state index is 10.9. The highest BCUT2D eigenvalue weighted by molar-refractivity contribution is 7.92. The first-order valence-corrected chi connectivity index (χ1v) is 5.80. The van der Waals surface area contributed by atoms with Crippen molar-refractivity contribution in [3.05, 3.63) is 18.2 Å². The van der Waals surface area contributed by atoms with Gasteiger partial charge < -0.3 is 10.4 Å². The fourth-order valence-electron chi connectivity index (χ4n) is 0.973. The molecule has 0 radical (unpaired) electrons. The van der Waals surface area contributed by atoms with Gasteiger partial charge in [-0.2, -0.15) is 0 Å². The Morgan fingerprint density at radius 1 is 1.36 bits per heavy atom. The monoisotopic (exact) mass is 216 g/mol. The van der Waals surface area contributed by atoms with Crippen LogP contribution in [-0.2, 0) is 10.0 Å². The second-order valence-corrected chi connectivity index (χ2v) is 4.60. The summed E-state index contributed by atoms with van der Waals surface area (Å²) in [4.78, 5) is 0. The van der Waals surface area contributed by atoms with E-state index < -0.39 is 10.0 Å². The van der Waals surface area contributed by atoms with Crippen LogP contribution in [0.2, 0.25) is 0 Å². The molecule has 0 saturated carbocycles. The van der Waals surface area contributed by atoms with Crippen LogP contribution in [0, 0.1) is 0 Å². The Bertz CT molecular complexity index is 428. The van der Waals surface area contributed by atoms with E-state index in [0.29, 0.717) is 5.69 Å². The highest BCUT2D eigenvalue weighted by Crippen LogP contribution is 2.26. The van der Waals surface area contributed by atoms with Crippen LogP contribution in [0.3, 0.4) is 0 Å². The molecule has 3 N–H and O–H groups in total. The number of phenolic OH excluding ortho intramolecular Hbond substituents is 1. The average molecular weight is 216 g/mol. The van der Waals surface area contributed by atoms with Crippen LogP contribution in [0.15, 0.2) is 18.2 Å². The van der Waals surface area contributed by atoms with Crippen molar-refractivity contribution in [3.8, 4) is 5.75 Å². The number of phenols is 1. The van der Waals surface area contributed by atoms with Gasteiger partial charge in [-0.05, 0) is 18.2 Å². The maximum Gasteiger partial charge on any atom is 0.229 e. The summed E-state index contributed by atoms with van der Waals surface area (Å²) in [7, 11) is -1.66. The predicted molar refractivity (Wildman–Crippen MR) is 56.1 cm³/mol. The molecule has 0 atom stereocenters. The molecule has 0 amide bonds. The molecule has 0 heterocycles. The Hall–Kier alpha value is -1.43. The van der Waals surface area contributed by atoms with Gasteiger partial charge in [-0.15, -0.1) is 0 Å². The van der Waals surface area contributed by atoms with Crippen LogP contribution in [0.5, 0.6) is 5.75 Å². The van der Waals surface area contributed by atoms with Crippen LogP contribution < -0.4 is 10.0 Å². The maximum absolute atomic E-state index is 10.9. The lowest BCUT2D eigenvalue weighted by atomic mass is 10.2. The zero-order chi connectivity index (χ0) is 10.8. The number of benzene rings is 1. The summed E-state index contributed by atoms with van der Waals surface area (Å²) < 4.78 is 24.0. The molecule has 6 heteroatoms.